The predicted molar refractivity (Wildman–Crippen MR) is 204 cm³/mol. The van der Waals surface area contributed by atoms with Crippen molar-refractivity contribution in [3.8, 4) is 22.3 Å². The Labute approximate surface area is 303 Å². The SMILES string of the molecule is [2H]c1c([2H])c([2H])c(-c2c(-c3c([2H])c([2H])c(N(c4ccc5c(c4)oc4ccccc45)c4ccc5c(c4)oc4ccccc45)c([2H])c3[2H])c([2H])c3c([2H])c([2H])c([2H])c([2H])c3c2[2H])c([2H])c1[2H]. The lowest BCUT2D eigenvalue weighted by molar-refractivity contribution is 0.669. The highest BCUT2D eigenvalue weighted by molar-refractivity contribution is 6.08. The Morgan fingerprint density at radius 2 is 0.878 bits per heavy atom. The Morgan fingerprint density at radius 1 is 0.408 bits per heavy atom. The van der Waals surface area contributed by atoms with Crippen molar-refractivity contribution >= 4 is 71.7 Å². The van der Waals surface area contributed by atoms with Crippen LogP contribution in [0.2, 0.25) is 0 Å². The van der Waals surface area contributed by atoms with Crippen LogP contribution in [0.1, 0.15) is 20.6 Å². The third-order valence-electron chi connectivity index (χ3n) is 8.51. The van der Waals surface area contributed by atoms with Crippen molar-refractivity contribution in [3.05, 3.63) is 176 Å². The minimum Gasteiger partial charge on any atom is -0.456 e. The molecule has 2 aromatic heterocycles. The smallest absolute Gasteiger partial charge is 0.137 e. The zero-order valence-corrected chi connectivity index (χ0v) is 25.3. The summed E-state index contributed by atoms with van der Waals surface area (Å²) in [5, 5.41) is 2.27. The van der Waals surface area contributed by atoms with Gasteiger partial charge in [0.25, 0.3) is 0 Å². The number of fused-ring (bicyclic) bond motifs is 7. The monoisotopic (exact) mass is 642 g/mol. The summed E-state index contributed by atoms with van der Waals surface area (Å²) in [6.45, 7) is 0. The van der Waals surface area contributed by atoms with E-state index in [0.717, 1.165) is 21.5 Å². The first kappa shape index (κ1) is 16.5. The van der Waals surface area contributed by atoms with Crippen LogP contribution in [0.25, 0.3) is 76.9 Å². The summed E-state index contributed by atoms with van der Waals surface area (Å²) < 4.78 is 147. The summed E-state index contributed by atoms with van der Waals surface area (Å²) in [7, 11) is 0. The molecular formula is C46H29NO2. The zero-order valence-electron chi connectivity index (χ0n) is 40.3. The van der Waals surface area contributed by atoms with E-state index in [2.05, 4.69) is 0 Å². The quantitative estimate of drug-likeness (QED) is 0.187. The highest BCUT2D eigenvalue weighted by Gasteiger charge is 2.18. The summed E-state index contributed by atoms with van der Waals surface area (Å²) >= 11 is 0. The minimum atomic E-state index is -0.819. The van der Waals surface area contributed by atoms with Crippen molar-refractivity contribution in [1.82, 2.24) is 0 Å². The third-order valence-corrected chi connectivity index (χ3v) is 8.51. The van der Waals surface area contributed by atoms with E-state index in [1.165, 1.54) is 4.90 Å². The predicted octanol–water partition coefficient (Wildman–Crippen LogP) is 13.4. The minimum absolute atomic E-state index is 0.255. The van der Waals surface area contributed by atoms with E-state index in [1.807, 2.05) is 60.7 Å². The molecule has 0 radical (unpaired) electrons. The Bertz CT molecular complexity index is 3540. The van der Waals surface area contributed by atoms with E-state index in [9.17, 15) is 8.22 Å². The number of benzene rings is 8. The number of nitrogens with zero attached hydrogens (tertiary/aromatic N) is 1. The first-order valence-electron chi connectivity index (χ1n) is 22.9. The highest BCUT2D eigenvalue weighted by Crippen LogP contribution is 2.42. The van der Waals surface area contributed by atoms with Crippen molar-refractivity contribution in [1.29, 1.82) is 0 Å². The van der Waals surface area contributed by atoms with Gasteiger partial charge in [-0.3, -0.25) is 0 Å². The normalized spacial score (nSPS) is 16.0. The number of hydrogen-bond donors (Lipinski definition) is 0. The second kappa shape index (κ2) is 11.0. The van der Waals surface area contributed by atoms with Gasteiger partial charge in [-0.1, -0.05) is 103 Å². The van der Waals surface area contributed by atoms with Gasteiger partial charge in [-0.15, -0.1) is 0 Å². The lowest BCUT2D eigenvalue weighted by Crippen LogP contribution is -2.09. The molecule has 49 heavy (non-hydrogen) atoms. The fraction of sp³-hybridized carbons (Fsp3) is 0. The third kappa shape index (κ3) is 4.59. The van der Waals surface area contributed by atoms with Gasteiger partial charge in [0.05, 0.1) is 20.6 Å². The topological polar surface area (TPSA) is 29.5 Å². The largest absolute Gasteiger partial charge is 0.456 e. The van der Waals surface area contributed by atoms with Crippen LogP contribution >= 0.6 is 0 Å². The second-order valence-corrected chi connectivity index (χ2v) is 11.4. The molecular weight excluding hydrogens is 599 g/mol. The number of furan rings is 2. The number of hydrogen-bond acceptors (Lipinski definition) is 3. The van der Waals surface area contributed by atoms with Crippen molar-refractivity contribution in [2.75, 3.05) is 4.90 Å². The molecule has 10 aromatic rings. The van der Waals surface area contributed by atoms with Gasteiger partial charge < -0.3 is 13.7 Å². The highest BCUT2D eigenvalue weighted by atomic mass is 16.3. The van der Waals surface area contributed by atoms with Crippen LogP contribution in [-0.4, -0.2) is 0 Å². The average Bonchev–Trinajstić information content (AvgIpc) is 3.86. The molecule has 3 heteroatoms. The Hall–Kier alpha value is -6.58. The molecule has 0 saturated carbocycles. The van der Waals surface area contributed by atoms with Gasteiger partial charge in [-0.05, 0) is 93.6 Å². The molecule has 0 aliphatic rings. The van der Waals surface area contributed by atoms with Gasteiger partial charge in [0, 0.05) is 50.7 Å². The number of rotatable bonds is 5. The van der Waals surface area contributed by atoms with E-state index in [-0.39, 0.29) is 5.69 Å². The molecule has 0 saturated heterocycles. The maximum absolute atomic E-state index is 9.67. The molecule has 0 atom stereocenters. The molecule has 8 aromatic carbocycles. The summed E-state index contributed by atoms with van der Waals surface area (Å²) in [5.41, 5.74) is 0.218. The van der Waals surface area contributed by atoms with E-state index in [0.29, 0.717) is 33.7 Å². The van der Waals surface area contributed by atoms with Crippen LogP contribution in [0.15, 0.2) is 184 Å². The number of anilines is 3. The molecule has 3 nitrogen and oxygen atoms in total. The molecule has 0 unspecified atom stereocenters. The Kier molecular flexibility index (Phi) is 3.70. The standard InChI is InChI=1S/C46H29NO2/c1-2-10-30(11-3-1)41-26-32-12-4-5-13-33(32)27-42(41)31-18-20-34(21-19-31)47(35-22-24-39-37-14-6-8-16-43(37)48-45(39)28-35)36-23-25-40-38-15-7-9-17-44(38)49-46(40)29-36/h1-29H/i1D,2D,3D,4D,5D,10D,11D,12D,13D,18D,19D,20D,21D,26D,27D. The Morgan fingerprint density at radius 3 is 1.43 bits per heavy atom. The summed E-state index contributed by atoms with van der Waals surface area (Å²) in [6, 6.07) is 14.1. The van der Waals surface area contributed by atoms with E-state index < -0.39 is 124 Å². The van der Waals surface area contributed by atoms with E-state index in [1.54, 1.807) is 24.3 Å². The van der Waals surface area contributed by atoms with Crippen LogP contribution in [0.3, 0.4) is 0 Å². The molecule has 230 valence electrons. The summed E-state index contributed by atoms with van der Waals surface area (Å²) in [4.78, 5) is 1.51. The van der Waals surface area contributed by atoms with E-state index >= 15 is 0 Å². The maximum atomic E-state index is 9.67. The van der Waals surface area contributed by atoms with Crippen molar-refractivity contribution < 1.29 is 29.4 Å². The lowest BCUT2D eigenvalue weighted by atomic mass is 9.91. The van der Waals surface area contributed by atoms with Crippen molar-refractivity contribution in [3.63, 3.8) is 0 Å². The van der Waals surface area contributed by atoms with Gasteiger partial charge >= 0.3 is 0 Å². The molecule has 0 bridgehead atoms. The molecule has 10 rings (SSSR count). The van der Waals surface area contributed by atoms with Crippen LogP contribution in [-0.2, 0) is 0 Å². The molecule has 0 spiro atoms. The first-order valence-corrected chi connectivity index (χ1v) is 15.4. The summed E-state index contributed by atoms with van der Waals surface area (Å²) in [6.07, 6.45) is 0. The van der Waals surface area contributed by atoms with Crippen molar-refractivity contribution in [2.45, 2.75) is 0 Å². The van der Waals surface area contributed by atoms with E-state index in [4.69, 9.17) is 21.2 Å². The molecule has 0 fully saturated rings. The molecule has 0 N–H and O–H groups in total. The van der Waals surface area contributed by atoms with Crippen LogP contribution in [0.4, 0.5) is 17.1 Å². The maximum Gasteiger partial charge on any atom is 0.137 e. The van der Waals surface area contributed by atoms with Crippen LogP contribution in [0, 0.1) is 0 Å². The fourth-order valence-corrected chi connectivity index (χ4v) is 6.28. The fourth-order valence-electron chi connectivity index (χ4n) is 6.28. The lowest BCUT2D eigenvalue weighted by Gasteiger charge is -2.26. The van der Waals surface area contributed by atoms with Gasteiger partial charge in [-0.25, -0.2) is 0 Å². The molecule has 0 aliphatic carbocycles. The Balaban J connectivity index is 1.31. The zero-order chi connectivity index (χ0) is 45.4. The van der Waals surface area contributed by atoms with Gasteiger partial charge in [0.1, 0.15) is 22.3 Å². The van der Waals surface area contributed by atoms with Crippen LogP contribution in [0.5, 0.6) is 0 Å². The molecule has 2 heterocycles. The van der Waals surface area contributed by atoms with Gasteiger partial charge in [0.2, 0.25) is 0 Å². The number of para-hydroxylation sites is 2. The first-order chi connectivity index (χ1) is 30.5. The van der Waals surface area contributed by atoms with Crippen molar-refractivity contribution in [2.24, 2.45) is 0 Å². The molecule has 0 aliphatic heterocycles. The second-order valence-electron chi connectivity index (χ2n) is 11.4. The summed E-state index contributed by atoms with van der Waals surface area (Å²) in [5.74, 6) is 0. The van der Waals surface area contributed by atoms with Gasteiger partial charge in [0.15, 0.2) is 0 Å². The molecule has 0 amide bonds. The van der Waals surface area contributed by atoms with Crippen LogP contribution < -0.4 is 4.90 Å². The average molecular weight is 643 g/mol. The van der Waals surface area contributed by atoms with Gasteiger partial charge in [-0.2, -0.15) is 0 Å².